The molecule has 1 unspecified atom stereocenters. The molecule has 0 spiro atoms. The predicted molar refractivity (Wildman–Crippen MR) is 61.2 cm³/mol. The second-order valence-corrected chi connectivity index (χ2v) is 6.13. The summed E-state index contributed by atoms with van der Waals surface area (Å²) in [4.78, 5) is 2.00. The van der Waals surface area contributed by atoms with E-state index in [1.54, 1.807) is 6.92 Å². The van der Waals surface area contributed by atoms with Crippen LogP contribution in [-0.2, 0) is 9.84 Å². The number of rotatable bonds is 7. The molecule has 0 N–H and O–H groups in total. The molecule has 0 aliphatic carbocycles. The van der Waals surface area contributed by atoms with E-state index >= 15 is 0 Å². The Balaban J connectivity index is 4.08. The Hall–Kier alpha value is -0.600. The molecule has 4 nitrogen and oxygen atoms in total. The van der Waals surface area contributed by atoms with E-state index in [1.165, 1.54) is 0 Å². The van der Waals surface area contributed by atoms with Gasteiger partial charge in [0.1, 0.15) is 0 Å². The summed E-state index contributed by atoms with van der Waals surface area (Å²) >= 11 is 0. The molecule has 0 saturated heterocycles. The van der Waals surface area contributed by atoms with E-state index in [0.717, 1.165) is 6.54 Å². The Labute approximate surface area is 92.8 Å². The molecule has 5 heteroatoms. The SMILES string of the molecule is CCN(CCS(=O)(=O)CC)CC(C)C#N. The van der Waals surface area contributed by atoms with Gasteiger partial charge in [-0.15, -0.1) is 0 Å². The molecule has 0 amide bonds. The number of hydrogen-bond donors (Lipinski definition) is 0. The smallest absolute Gasteiger partial charge is 0.151 e. The molecule has 0 bridgehead atoms. The van der Waals surface area contributed by atoms with Gasteiger partial charge in [-0.1, -0.05) is 13.8 Å². The van der Waals surface area contributed by atoms with Crippen molar-refractivity contribution < 1.29 is 8.42 Å². The van der Waals surface area contributed by atoms with Gasteiger partial charge in [-0.3, -0.25) is 0 Å². The molecular weight excluding hydrogens is 212 g/mol. The van der Waals surface area contributed by atoms with Crippen LogP contribution >= 0.6 is 0 Å². The summed E-state index contributed by atoms with van der Waals surface area (Å²) < 4.78 is 22.6. The van der Waals surface area contributed by atoms with Crippen LogP contribution in [0.2, 0.25) is 0 Å². The zero-order chi connectivity index (χ0) is 11.9. The van der Waals surface area contributed by atoms with E-state index in [-0.39, 0.29) is 17.4 Å². The van der Waals surface area contributed by atoms with E-state index < -0.39 is 9.84 Å². The van der Waals surface area contributed by atoms with Crippen molar-refractivity contribution >= 4 is 9.84 Å². The van der Waals surface area contributed by atoms with Gasteiger partial charge in [0.2, 0.25) is 0 Å². The fourth-order valence-corrected chi connectivity index (χ4v) is 2.04. The van der Waals surface area contributed by atoms with Crippen LogP contribution in [0.25, 0.3) is 0 Å². The van der Waals surface area contributed by atoms with Crippen LogP contribution < -0.4 is 0 Å². The third-order valence-electron chi connectivity index (χ3n) is 2.36. The lowest BCUT2D eigenvalue weighted by Gasteiger charge is -2.20. The lowest BCUT2D eigenvalue weighted by atomic mass is 10.2. The molecule has 0 aromatic heterocycles. The molecule has 0 aliphatic rings. The Bertz CT molecular complexity index is 306. The molecular formula is C10H20N2O2S. The Morgan fingerprint density at radius 3 is 2.40 bits per heavy atom. The van der Waals surface area contributed by atoms with Crippen molar-refractivity contribution in [3.8, 4) is 6.07 Å². The molecule has 88 valence electrons. The van der Waals surface area contributed by atoms with E-state index in [9.17, 15) is 8.42 Å². The highest BCUT2D eigenvalue weighted by Gasteiger charge is 2.12. The minimum Gasteiger partial charge on any atom is -0.301 e. The van der Waals surface area contributed by atoms with Gasteiger partial charge in [0.15, 0.2) is 9.84 Å². The molecule has 0 heterocycles. The molecule has 1 atom stereocenters. The van der Waals surface area contributed by atoms with Crippen LogP contribution in [-0.4, -0.2) is 44.5 Å². The van der Waals surface area contributed by atoms with Crippen molar-refractivity contribution in [1.82, 2.24) is 4.90 Å². The standard InChI is InChI=1S/C10H20N2O2S/c1-4-12(9-10(3)8-11)6-7-15(13,14)5-2/h10H,4-7,9H2,1-3H3. The topological polar surface area (TPSA) is 61.2 Å². The van der Waals surface area contributed by atoms with Crippen molar-refractivity contribution in [3.63, 3.8) is 0 Å². The summed E-state index contributed by atoms with van der Waals surface area (Å²) in [6.07, 6.45) is 0. The number of sulfone groups is 1. The second kappa shape index (κ2) is 6.81. The third kappa shape index (κ3) is 6.47. The highest BCUT2D eigenvalue weighted by atomic mass is 32.2. The van der Waals surface area contributed by atoms with Gasteiger partial charge in [-0.05, 0) is 13.5 Å². The molecule has 0 saturated carbocycles. The summed E-state index contributed by atoms with van der Waals surface area (Å²) in [5.74, 6) is 0.336. The summed E-state index contributed by atoms with van der Waals surface area (Å²) in [6, 6.07) is 2.15. The van der Waals surface area contributed by atoms with Gasteiger partial charge in [0.05, 0.1) is 17.7 Å². The number of nitriles is 1. The number of hydrogen-bond acceptors (Lipinski definition) is 4. The summed E-state index contributed by atoms with van der Waals surface area (Å²) in [6.45, 7) is 7.43. The largest absolute Gasteiger partial charge is 0.301 e. The van der Waals surface area contributed by atoms with Crippen LogP contribution in [0, 0.1) is 17.2 Å². The third-order valence-corrected chi connectivity index (χ3v) is 4.04. The van der Waals surface area contributed by atoms with Crippen molar-refractivity contribution in [1.29, 1.82) is 5.26 Å². The van der Waals surface area contributed by atoms with Crippen molar-refractivity contribution in [2.75, 3.05) is 31.1 Å². The maximum absolute atomic E-state index is 11.3. The van der Waals surface area contributed by atoms with Gasteiger partial charge in [-0.25, -0.2) is 8.42 Å². The van der Waals surface area contributed by atoms with Crippen LogP contribution in [0.3, 0.4) is 0 Å². The zero-order valence-electron chi connectivity index (χ0n) is 9.73. The van der Waals surface area contributed by atoms with E-state index in [4.69, 9.17) is 5.26 Å². The lowest BCUT2D eigenvalue weighted by Crippen LogP contribution is -2.33. The zero-order valence-corrected chi connectivity index (χ0v) is 10.5. The van der Waals surface area contributed by atoms with Crippen LogP contribution in [0.5, 0.6) is 0 Å². The molecule has 0 aromatic carbocycles. The Morgan fingerprint density at radius 1 is 1.40 bits per heavy atom. The maximum Gasteiger partial charge on any atom is 0.151 e. The van der Waals surface area contributed by atoms with Gasteiger partial charge < -0.3 is 4.90 Å². The summed E-state index contributed by atoms with van der Waals surface area (Å²) in [5.41, 5.74) is 0. The first kappa shape index (κ1) is 14.4. The highest BCUT2D eigenvalue weighted by Crippen LogP contribution is 2.00. The minimum absolute atomic E-state index is 0.0470. The van der Waals surface area contributed by atoms with E-state index in [1.807, 2.05) is 18.7 Å². The summed E-state index contributed by atoms with van der Waals surface area (Å²) in [5, 5.41) is 8.66. The first-order chi connectivity index (χ1) is 6.95. The van der Waals surface area contributed by atoms with Crippen molar-refractivity contribution in [3.05, 3.63) is 0 Å². The Morgan fingerprint density at radius 2 is 2.00 bits per heavy atom. The predicted octanol–water partition coefficient (Wildman–Crippen LogP) is 0.903. The number of nitrogens with zero attached hydrogens (tertiary/aromatic N) is 2. The van der Waals surface area contributed by atoms with Crippen LogP contribution in [0.15, 0.2) is 0 Å². The van der Waals surface area contributed by atoms with E-state index in [2.05, 4.69) is 6.07 Å². The van der Waals surface area contributed by atoms with Crippen molar-refractivity contribution in [2.24, 2.45) is 5.92 Å². The quantitative estimate of drug-likeness (QED) is 0.654. The van der Waals surface area contributed by atoms with Crippen molar-refractivity contribution in [2.45, 2.75) is 20.8 Å². The normalized spacial score (nSPS) is 13.8. The minimum atomic E-state index is -2.89. The Kier molecular flexibility index (Phi) is 6.53. The van der Waals surface area contributed by atoms with Gasteiger partial charge in [0, 0.05) is 18.8 Å². The lowest BCUT2D eigenvalue weighted by molar-refractivity contribution is 0.283. The van der Waals surface area contributed by atoms with Gasteiger partial charge >= 0.3 is 0 Å². The monoisotopic (exact) mass is 232 g/mol. The molecule has 0 aliphatic heterocycles. The molecule has 15 heavy (non-hydrogen) atoms. The summed E-state index contributed by atoms with van der Waals surface area (Å²) in [7, 11) is -2.89. The second-order valence-electron chi connectivity index (χ2n) is 3.66. The maximum atomic E-state index is 11.3. The van der Waals surface area contributed by atoms with Gasteiger partial charge in [0.25, 0.3) is 0 Å². The highest BCUT2D eigenvalue weighted by molar-refractivity contribution is 7.91. The fraction of sp³-hybridized carbons (Fsp3) is 0.900. The first-order valence-electron chi connectivity index (χ1n) is 5.27. The molecule has 0 rings (SSSR count). The first-order valence-corrected chi connectivity index (χ1v) is 7.09. The molecule has 0 aromatic rings. The fourth-order valence-electron chi connectivity index (χ4n) is 1.22. The van der Waals surface area contributed by atoms with Gasteiger partial charge in [-0.2, -0.15) is 5.26 Å². The van der Waals surface area contributed by atoms with Crippen LogP contribution in [0.1, 0.15) is 20.8 Å². The average Bonchev–Trinajstić information content (AvgIpc) is 2.23. The molecule has 0 fully saturated rings. The molecule has 0 radical (unpaired) electrons. The average molecular weight is 232 g/mol. The van der Waals surface area contributed by atoms with E-state index in [0.29, 0.717) is 13.1 Å². The van der Waals surface area contributed by atoms with Crippen LogP contribution in [0.4, 0.5) is 0 Å².